The van der Waals surface area contributed by atoms with Crippen molar-refractivity contribution < 1.29 is 14.7 Å². The molecule has 1 aliphatic rings. The van der Waals surface area contributed by atoms with E-state index in [0.29, 0.717) is 25.7 Å². The first-order valence-electron chi connectivity index (χ1n) is 7.23. The number of hydrogen-bond donors (Lipinski definition) is 2. The molecule has 4 nitrogen and oxygen atoms in total. The largest absolute Gasteiger partial charge is 0.481 e. The smallest absolute Gasteiger partial charge is 0.306 e. The van der Waals surface area contributed by atoms with Gasteiger partial charge in [-0.25, -0.2) is 0 Å². The Labute approximate surface area is 119 Å². The van der Waals surface area contributed by atoms with Gasteiger partial charge < -0.3 is 10.4 Å². The van der Waals surface area contributed by atoms with Gasteiger partial charge in [-0.1, -0.05) is 25.1 Å². The minimum atomic E-state index is -0.736. The third-order valence-corrected chi connectivity index (χ3v) is 4.10. The van der Waals surface area contributed by atoms with Crippen LogP contribution in [0.5, 0.6) is 0 Å². The molecule has 2 N–H and O–H groups in total. The third kappa shape index (κ3) is 3.38. The minimum absolute atomic E-state index is 0.0229. The topological polar surface area (TPSA) is 66.4 Å². The lowest BCUT2D eigenvalue weighted by Gasteiger charge is -2.25. The maximum Gasteiger partial charge on any atom is 0.306 e. The normalized spacial score (nSPS) is 22.2. The van der Waals surface area contributed by atoms with Crippen molar-refractivity contribution in [3.05, 3.63) is 29.8 Å². The zero-order valence-corrected chi connectivity index (χ0v) is 11.8. The van der Waals surface area contributed by atoms with Crippen LogP contribution in [-0.2, 0) is 16.0 Å². The number of carboxylic acid groups (broad SMARTS) is 1. The van der Waals surface area contributed by atoms with Crippen LogP contribution in [0.3, 0.4) is 0 Å². The van der Waals surface area contributed by atoms with Gasteiger partial charge in [0.1, 0.15) is 0 Å². The molecular weight excluding hydrogens is 254 g/mol. The fourth-order valence-corrected chi connectivity index (χ4v) is 2.79. The summed E-state index contributed by atoms with van der Waals surface area (Å²) >= 11 is 0. The lowest BCUT2D eigenvalue weighted by Crippen LogP contribution is -2.29. The molecule has 0 atom stereocenters. The SMILES string of the molecule is CCc1ccccc1NC(=O)C1CCC(C(=O)O)CC1. The number of benzene rings is 1. The van der Waals surface area contributed by atoms with Gasteiger partial charge in [-0.05, 0) is 43.7 Å². The number of amides is 1. The van der Waals surface area contributed by atoms with Gasteiger partial charge in [-0.2, -0.15) is 0 Å². The molecule has 108 valence electrons. The van der Waals surface area contributed by atoms with Crippen molar-refractivity contribution in [2.75, 3.05) is 5.32 Å². The van der Waals surface area contributed by atoms with Crippen molar-refractivity contribution in [2.45, 2.75) is 39.0 Å². The number of carbonyl (C=O) groups excluding carboxylic acids is 1. The van der Waals surface area contributed by atoms with Crippen molar-refractivity contribution >= 4 is 17.6 Å². The number of carboxylic acids is 1. The Balaban J connectivity index is 1.94. The highest BCUT2D eigenvalue weighted by Gasteiger charge is 2.29. The summed E-state index contributed by atoms with van der Waals surface area (Å²) in [6, 6.07) is 7.80. The van der Waals surface area contributed by atoms with Crippen LogP contribution in [-0.4, -0.2) is 17.0 Å². The van der Waals surface area contributed by atoms with E-state index in [1.54, 1.807) is 0 Å². The Morgan fingerprint density at radius 1 is 1.15 bits per heavy atom. The monoisotopic (exact) mass is 275 g/mol. The van der Waals surface area contributed by atoms with Crippen LogP contribution in [0.2, 0.25) is 0 Å². The minimum Gasteiger partial charge on any atom is -0.481 e. The van der Waals surface area contributed by atoms with E-state index in [4.69, 9.17) is 5.11 Å². The molecule has 1 aromatic rings. The quantitative estimate of drug-likeness (QED) is 0.887. The number of para-hydroxylation sites is 1. The van der Waals surface area contributed by atoms with Gasteiger partial charge in [0.2, 0.25) is 5.91 Å². The van der Waals surface area contributed by atoms with E-state index >= 15 is 0 Å². The second kappa shape index (κ2) is 6.55. The van der Waals surface area contributed by atoms with Gasteiger partial charge in [0.15, 0.2) is 0 Å². The van der Waals surface area contributed by atoms with Gasteiger partial charge >= 0.3 is 5.97 Å². The first-order valence-corrected chi connectivity index (χ1v) is 7.23. The van der Waals surface area contributed by atoms with Gasteiger partial charge in [0.05, 0.1) is 5.92 Å². The van der Waals surface area contributed by atoms with Crippen LogP contribution in [0.4, 0.5) is 5.69 Å². The third-order valence-electron chi connectivity index (χ3n) is 4.10. The molecule has 0 spiro atoms. The van der Waals surface area contributed by atoms with Gasteiger partial charge in [-0.15, -0.1) is 0 Å². The van der Waals surface area contributed by atoms with Gasteiger partial charge in [0.25, 0.3) is 0 Å². The zero-order chi connectivity index (χ0) is 14.5. The highest BCUT2D eigenvalue weighted by atomic mass is 16.4. The number of rotatable bonds is 4. The van der Waals surface area contributed by atoms with Crippen molar-refractivity contribution in [1.82, 2.24) is 0 Å². The van der Waals surface area contributed by atoms with Crippen molar-refractivity contribution in [1.29, 1.82) is 0 Å². The Hall–Kier alpha value is -1.84. The predicted molar refractivity (Wildman–Crippen MR) is 77.5 cm³/mol. The predicted octanol–water partition coefficient (Wildman–Crippen LogP) is 3.08. The Morgan fingerprint density at radius 3 is 2.35 bits per heavy atom. The highest BCUT2D eigenvalue weighted by Crippen LogP contribution is 2.30. The summed E-state index contributed by atoms with van der Waals surface area (Å²) < 4.78 is 0. The summed E-state index contributed by atoms with van der Waals surface area (Å²) in [6.45, 7) is 2.06. The fraction of sp³-hybridized carbons (Fsp3) is 0.500. The first kappa shape index (κ1) is 14.6. The van der Waals surface area contributed by atoms with Crippen LogP contribution in [0, 0.1) is 11.8 Å². The van der Waals surface area contributed by atoms with Crippen LogP contribution in [0.15, 0.2) is 24.3 Å². The number of carbonyl (C=O) groups is 2. The molecule has 0 unspecified atom stereocenters. The summed E-state index contributed by atoms with van der Waals surface area (Å²) in [7, 11) is 0. The van der Waals surface area contributed by atoms with Gasteiger partial charge in [-0.3, -0.25) is 9.59 Å². The van der Waals surface area contributed by atoms with Crippen molar-refractivity contribution in [3.63, 3.8) is 0 Å². The van der Waals surface area contributed by atoms with E-state index < -0.39 is 5.97 Å². The molecular formula is C16H21NO3. The number of anilines is 1. The Bertz CT molecular complexity index is 490. The summed E-state index contributed by atoms with van der Waals surface area (Å²) in [5.41, 5.74) is 2.00. The molecule has 1 aromatic carbocycles. The summed E-state index contributed by atoms with van der Waals surface area (Å²) in [4.78, 5) is 23.2. The van der Waals surface area contributed by atoms with E-state index in [0.717, 1.165) is 17.7 Å². The molecule has 1 saturated carbocycles. The summed E-state index contributed by atoms with van der Waals surface area (Å²) in [6.07, 6.45) is 3.40. The molecule has 0 radical (unpaired) electrons. The number of hydrogen-bond acceptors (Lipinski definition) is 2. The summed E-state index contributed by atoms with van der Waals surface area (Å²) in [5, 5.41) is 12.0. The molecule has 0 bridgehead atoms. The van der Waals surface area contributed by atoms with Crippen LogP contribution >= 0.6 is 0 Å². The number of aliphatic carboxylic acids is 1. The molecule has 0 saturated heterocycles. The zero-order valence-electron chi connectivity index (χ0n) is 11.8. The second-order valence-corrected chi connectivity index (χ2v) is 5.39. The Kier molecular flexibility index (Phi) is 4.77. The first-order chi connectivity index (χ1) is 9.61. The lowest BCUT2D eigenvalue weighted by atomic mass is 9.81. The van der Waals surface area contributed by atoms with Crippen LogP contribution < -0.4 is 5.32 Å². The second-order valence-electron chi connectivity index (χ2n) is 5.39. The van der Waals surface area contributed by atoms with Crippen LogP contribution in [0.1, 0.15) is 38.2 Å². The lowest BCUT2D eigenvalue weighted by molar-refractivity contribution is -0.143. The average Bonchev–Trinajstić information content (AvgIpc) is 2.48. The molecule has 1 amide bonds. The maximum absolute atomic E-state index is 12.3. The van der Waals surface area contributed by atoms with Gasteiger partial charge in [0, 0.05) is 11.6 Å². The van der Waals surface area contributed by atoms with E-state index in [1.165, 1.54) is 0 Å². The van der Waals surface area contributed by atoms with E-state index in [9.17, 15) is 9.59 Å². The van der Waals surface area contributed by atoms with Crippen molar-refractivity contribution in [2.24, 2.45) is 11.8 Å². The number of nitrogens with one attached hydrogen (secondary N) is 1. The van der Waals surface area contributed by atoms with E-state index in [1.807, 2.05) is 24.3 Å². The molecule has 0 aromatic heterocycles. The molecule has 2 rings (SSSR count). The highest BCUT2D eigenvalue weighted by molar-refractivity contribution is 5.93. The molecule has 20 heavy (non-hydrogen) atoms. The maximum atomic E-state index is 12.3. The molecule has 4 heteroatoms. The molecule has 1 aliphatic carbocycles. The van der Waals surface area contributed by atoms with E-state index in [-0.39, 0.29) is 17.7 Å². The standard InChI is InChI=1S/C16H21NO3/c1-2-11-5-3-4-6-14(11)17-15(18)12-7-9-13(10-8-12)16(19)20/h3-6,12-13H,2,7-10H2,1H3,(H,17,18)(H,19,20). The molecule has 1 fully saturated rings. The van der Waals surface area contributed by atoms with Crippen LogP contribution in [0.25, 0.3) is 0 Å². The molecule has 0 heterocycles. The van der Waals surface area contributed by atoms with Crippen molar-refractivity contribution in [3.8, 4) is 0 Å². The Morgan fingerprint density at radius 2 is 1.75 bits per heavy atom. The average molecular weight is 275 g/mol. The number of aryl methyl sites for hydroxylation is 1. The molecule has 0 aliphatic heterocycles. The van der Waals surface area contributed by atoms with E-state index in [2.05, 4.69) is 12.2 Å². The fourth-order valence-electron chi connectivity index (χ4n) is 2.79. The summed E-state index contributed by atoms with van der Waals surface area (Å²) in [5.74, 6) is -1.05.